The number of rotatable bonds is 6. The largest absolute Gasteiger partial charge is 0.231 e. The van der Waals surface area contributed by atoms with E-state index in [-0.39, 0.29) is 6.04 Å². The lowest BCUT2D eigenvalue weighted by atomic mass is 10.4. The van der Waals surface area contributed by atoms with Crippen LogP contribution in [-0.4, -0.2) is 30.6 Å². The zero-order valence-corrected chi connectivity index (χ0v) is 9.70. The van der Waals surface area contributed by atoms with Gasteiger partial charge in [0.25, 0.3) is 0 Å². The van der Waals surface area contributed by atoms with Crippen molar-refractivity contribution in [3.63, 3.8) is 0 Å². The van der Waals surface area contributed by atoms with Gasteiger partial charge in [0.05, 0.1) is 6.07 Å². The second-order valence-corrected chi connectivity index (χ2v) is 5.73. The van der Waals surface area contributed by atoms with Crippen LogP contribution >= 0.6 is 0 Å². The zero-order valence-electron chi connectivity index (χ0n) is 8.89. The molecule has 0 aliphatic heterocycles. The van der Waals surface area contributed by atoms with Crippen molar-refractivity contribution in [2.24, 2.45) is 0 Å². The second kappa shape index (κ2) is 4.77. The van der Waals surface area contributed by atoms with Crippen molar-refractivity contribution in [2.75, 3.05) is 6.54 Å². The maximum atomic E-state index is 12.0. The Morgan fingerprint density at radius 3 is 2.60 bits per heavy atom. The average molecular weight is 228 g/mol. The molecule has 1 rings (SSSR count). The van der Waals surface area contributed by atoms with Crippen LogP contribution in [0.3, 0.4) is 0 Å². The maximum Gasteiger partial charge on any atom is 0.231 e. The molecule has 0 spiro atoms. The van der Waals surface area contributed by atoms with Gasteiger partial charge in [-0.05, 0) is 19.3 Å². The summed E-state index contributed by atoms with van der Waals surface area (Å²) < 4.78 is 25.5. The number of hydrogen-bond donors (Lipinski definition) is 0. The Hall–Kier alpha value is -0.860. The van der Waals surface area contributed by atoms with Crippen LogP contribution in [0.25, 0.3) is 0 Å². The minimum absolute atomic E-state index is 0.0930. The molecule has 0 saturated heterocycles. The van der Waals surface area contributed by atoms with Crippen LogP contribution in [0.1, 0.15) is 26.2 Å². The molecule has 1 aliphatic carbocycles. The van der Waals surface area contributed by atoms with E-state index in [0.29, 0.717) is 13.0 Å². The molecule has 1 atom stereocenters. The minimum atomic E-state index is -3.46. The monoisotopic (exact) mass is 228 g/mol. The summed E-state index contributed by atoms with van der Waals surface area (Å²) in [6, 6.07) is 1.94. The lowest BCUT2D eigenvalue weighted by Gasteiger charge is -2.22. The highest BCUT2D eigenvalue weighted by Crippen LogP contribution is 2.30. The van der Waals surface area contributed by atoms with Crippen LogP contribution in [0.2, 0.25) is 0 Å². The quantitative estimate of drug-likeness (QED) is 0.643. The molecule has 0 N–H and O–H groups in total. The molecule has 4 nitrogen and oxygen atoms in total. The van der Waals surface area contributed by atoms with Gasteiger partial charge in [-0.3, -0.25) is 0 Å². The van der Waals surface area contributed by atoms with Gasteiger partial charge in [-0.1, -0.05) is 13.0 Å². The van der Waals surface area contributed by atoms with Gasteiger partial charge < -0.3 is 0 Å². The maximum absolute atomic E-state index is 12.0. The van der Waals surface area contributed by atoms with Crippen molar-refractivity contribution in [1.29, 1.82) is 5.26 Å². The van der Waals surface area contributed by atoms with Gasteiger partial charge in [-0.15, -0.1) is 6.58 Å². The Labute approximate surface area is 91.2 Å². The van der Waals surface area contributed by atoms with E-state index in [9.17, 15) is 8.42 Å². The number of nitrogens with zero attached hydrogens (tertiary/aromatic N) is 2. The average Bonchev–Trinajstić information content (AvgIpc) is 2.98. The van der Waals surface area contributed by atoms with Gasteiger partial charge in [-0.2, -0.15) is 9.57 Å². The number of sulfonamides is 1. The Balaban J connectivity index is 2.90. The van der Waals surface area contributed by atoms with E-state index in [1.54, 1.807) is 13.0 Å². The van der Waals surface area contributed by atoms with Crippen molar-refractivity contribution in [1.82, 2.24) is 4.31 Å². The Morgan fingerprint density at radius 2 is 2.27 bits per heavy atom. The fraction of sp³-hybridized carbons (Fsp3) is 0.700. The van der Waals surface area contributed by atoms with E-state index in [0.717, 1.165) is 12.8 Å². The summed E-state index contributed by atoms with van der Waals surface area (Å²) >= 11 is 0. The van der Waals surface area contributed by atoms with Crippen LogP contribution in [0.5, 0.6) is 0 Å². The van der Waals surface area contributed by atoms with E-state index >= 15 is 0 Å². The first-order valence-electron chi connectivity index (χ1n) is 5.09. The topological polar surface area (TPSA) is 61.2 Å². The zero-order chi connectivity index (χ0) is 11.5. The molecule has 0 amide bonds. The first-order valence-corrected chi connectivity index (χ1v) is 6.59. The summed E-state index contributed by atoms with van der Waals surface area (Å²) in [6.07, 6.45) is 3.70. The van der Waals surface area contributed by atoms with Crippen LogP contribution in [0.15, 0.2) is 12.7 Å². The number of hydrogen-bond acceptors (Lipinski definition) is 3. The summed E-state index contributed by atoms with van der Waals surface area (Å²) in [5, 5.41) is 7.88. The smallest absolute Gasteiger partial charge is 0.211 e. The Kier molecular flexibility index (Phi) is 3.89. The summed E-state index contributed by atoms with van der Waals surface area (Å²) in [6.45, 7) is 5.57. The first-order chi connectivity index (χ1) is 7.07. The van der Waals surface area contributed by atoms with Gasteiger partial charge in [0.2, 0.25) is 10.0 Å². The fourth-order valence-corrected chi connectivity index (χ4v) is 3.30. The molecule has 1 saturated carbocycles. The second-order valence-electron chi connectivity index (χ2n) is 3.66. The van der Waals surface area contributed by atoms with Crippen LogP contribution in [-0.2, 0) is 10.0 Å². The summed E-state index contributed by atoms with van der Waals surface area (Å²) in [7, 11) is -3.46. The molecule has 0 heterocycles. The molecule has 5 heteroatoms. The predicted octanol–water partition coefficient (Wildman–Crippen LogP) is 1.27. The van der Waals surface area contributed by atoms with Crippen molar-refractivity contribution < 1.29 is 8.42 Å². The Bertz CT molecular complexity index is 365. The van der Waals surface area contributed by atoms with Crippen molar-refractivity contribution in [3.05, 3.63) is 12.7 Å². The van der Waals surface area contributed by atoms with Gasteiger partial charge in [0.15, 0.2) is 5.25 Å². The van der Waals surface area contributed by atoms with E-state index in [1.165, 1.54) is 4.31 Å². The van der Waals surface area contributed by atoms with Crippen LogP contribution in [0.4, 0.5) is 0 Å². The number of nitriles is 1. The van der Waals surface area contributed by atoms with E-state index in [2.05, 4.69) is 6.58 Å². The molecule has 0 radical (unpaired) electrons. The predicted molar refractivity (Wildman–Crippen MR) is 58.5 cm³/mol. The first kappa shape index (κ1) is 12.2. The standard InChI is InChI=1S/C10H16N2O2S/c1-3-7-12(9-5-6-9)15(13,14)10(4-2)8-11/h3,9-10H,1,4-7H2,2H3. The van der Waals surface area contributed by atoms with Crippen molar-refractivity contribution in [2.45, 2.75) is 37.5 Å². The van der Waals surface area contributed by atoms with Gasteiger partial charge >= 0.3 is 0 Å². The summed E-state index contributed by atoms with van der Waals surface area (Å²) in [4.78, 5) is 0. The van der Waals surface area contributed by atoms with E-state index in [4.69, 9.17) is 5.26 Å². The molecule has 0 bridgehead atoms. The normalized spacial score (nSPS) is 18.5. The van der Waals surface area contributed by atoms with Crippen LogP contribution < -0.4 is 0 Å². The highest BCUT2D eigenvalue weighted by molar-refractivity contribution is 7.90. The highest BCUT2D eigenvalue weighted by atomic mass is 32.2. The molecule has 0 aromatic carbocycles. The lowest BCUT2D eigenvalue weighted by Crippen LogP contribution is -2.39. The van der Waals surface area contributed by atoms with Gasteiger partial charge in [0.1, 0.15) is 0 Å². The van der Waals surface area contributed by atoms with Crippen LogP contribution in [0, 0.1) is 11.3 Å². The van der Waals surface area contributed by atoms with E-state index in [1.807, 2.05) is 6.07 Å². The summed E-state index contributed by atoms with van der Waals surface area (Å²) in [5.74, 6) is 0. The van der Waals surface area contributed by atoms with E-state index < -0.39 is 15.3 Å². The van der Waals surface area contributed by atoms with Crippen molar-refractivity contribution in [3.8, 4) is 6.07 Å². The van der Waals surface area contributed by atoms with Crippen molar-refractivity contribution >= 4 is 10.0 Å². The van der Waals surface area contributed by atoms with Gasteiger partial charge in [0, 0.05) is 12.6 Å². The molecule has 1 unspecified atom stereocenters. The molecular formula is C10H16N2O2S. The van der Waals surface area contributed by atoms with Gasteiger partial charge in [-0.25, -0.2) is 8.42 Å². The molecule has 1 aliphatic rings. The third kappa shape index (κ3) is 2.58. The molecule has 0 aromatic rings. The molecule has 15 heavy (non-hydrogen) atoms. The molecule has 1 fully saturated rings. The minimum Gasteiger partial charge on any atom is -0.211 e. The third-order valence-electron chi connectivity index (χ3n) is 2.46. The third-order valence-corrected chi connectivity index (χ3v) is 4.72. The fourth-order valence-electron chi connectivity index (χ4n) is 1.48. The lowest BCUT2D eigenvalue weighted by molar-refractivity contribution is 0.430. The molecular weight excluding hydrogens is 212 g/mol. The summed E-state index contributed by atoms with van der Waals surface area (Å²) in [5.41, 5.74) is 0. The molecule has 84 valence electrons. The highest BCUT2D eigenvalue weighted by Gasteiger charge is 2.40. The Morgan fingerprint density at radius 1 is 1.67 bits per heavy atom. The molecule has 0 aromatic heterocycles. The SMILES string of the molecule is C=CCN(C1CC1)S(=O)(=O)C(C#N)CC.